The van der Waals surface area contributed by atoms with Crippen LogP contribution in [0.15, 0.2) is 0 Å². The Balaban J connectivity index is -0.0000000000756. The van der Waals surface area contributed by atoms with E-state index in [9.17, 15) is 0 Å². The molecule has 0 atom stereocenters. The average Bonchev–Trinajstić information content (AvgIpc) is 1.86. The molecule has 71 heteroatoms. The van der Waals surface area contributed by atoms with Crippen LogP contribution in [0.3, 0.4) is 0 Å². The Kier molecular flexibility index (Phi) is 5110. The van der Waals surface area contributed by atoms with Gasteiger partial charge >= 0.3 is 0 Å². The second-order valence-corrected chi connectivity index (χ2v) is 1.84. The number of nitrogens with zero attached hydrogens (tertiary/aromatic N) is 1. The summed E-state index contributed by atoms with van der Waals surface area (Å²) >= 11 is 0. The Morgan fingerprint density at radius 2 is 0.211 bits per heavy atom. The molecule has 0 aromatic heterocycles. The van der Waals surface area contributed by atoms with Crippen LogP contribution >= 0.6 is 0 Å². The predicted octanol–water partition coefficient (Wildman–Crippen LogP) is 0.351. The first-order valence-electron chi connectivity index (χ1n) is 2.40. The van der Waals surface area contributed by atoms with Gasteiger partial charge in [-0.25, -0.2) is 0 Å². The fourth-order valence-electron chi connectivity index (χ4n) is 0.715. The summed E-state index contributed by atoms with van der Waals surface area (Å²) in [5.74, 6) is 0. The van der Waals surface area contributed by atoms with Crippen molar-refractivity contribution in [1.82, 2.24) is 4.90 Å². The number of hydrogen-bond acceptors (Lipinski definition) is 1. The van der Waals surface area contributed by atoms with Gasteiger partial charge in [0.05, 0.1) is 0 Å². The minimum atomic E-state index is 0. The molecule has 456 valence electrons. The number of likely N-dealkylation sites (tertiary alicyclic amines) is 1. The van der Waals surface area contributed by atoms with E-state index in [0.717, 1.165) is 0 Å². The molecule has 0 radical (unpaired) electrons. The Bertz CT molecular complexity index is 67.5. The van der Waals surface area contributed by atoms with E-state index in [0.29, 0.717) is 0 Å². The Morgan fingerprint density at radius 1 is 0.145 bits per heavy atom. The summed E-state index contributed by atoms with van der Waals surface area (Å²) in [6.45, 7) is 2.46. The summed E-state index contributed by atoms with van der Waals surface area (Å²) in [5.41, 5.74) is 0. The van der Waals surface area contributed by atoms with Crippen LogP contribution in [0.4, 0.5) is 0 Å². The summed E-state index contributed by atoms with van der Waals surface area (Å²) in [7, 11) is 2.14. The molecule has 0 aromatic rings. The first-order chi connectivity index (χ1) is 2.89. The van der Waals surface area contributed by atoms with Crippen LogP contribution in [0.25, 0.3) is 0 Å². The molecule has 1 nitrogen and oxygen atoms in total. The summed E-state index contributed by atoms with van der Waals surface area (Å²) in [6, 6.07) is 0. The Hall–Kier alpha value is 48.1. The van der Waals surface area contributed by atoms with Crippen LogP contribution < -0.4 is 0 Å². The van der Waals surface area contributed by atoms with Crippen molar-refractivity contribution in [3.8, 4) is 0 Å². The van der Waals surface area contributed by atoms with E-state index < -0.39 is 0 Å². The van der Waals surface area contributed by atoms with Crippen LogP contribution in [0.1, 0.15) is 6.42 Å². The average molecular weight is 13000 g/mol. The summed E-state index contributed by atoms with van der Waals surface area (Å²) in [6.07, 6.45) is 3.59. The monoisotopic (exact) mass is 13000 g/mol. The summed E-state index contributed by atoms with van der Waals surface area (Å²) in [4.78, 5) is 2.31. The molecule has 1 saturated heterocycles. The van der Waals surface area contributed by atoms with Gasteiger partial charge in [0.1, 0.15) is 0 Å². The second-order valence-electron chi connectivity index (χ2n) is 1.84. The van der Waals surface area contributed by atoms with Crippen molar-refractivity contribution >= 4 is 0 Å². The largest absolute Gasteiger partial charge is 0.338 e. The molecule has 1 aliphatic rings. The van der Waals surface area contributed by atoms with Gasteiger partial charge in [0, 0.05) is 1470 Å². The third-order valence-electron chi connectivity index (χ3n) is 1.16. The van der Waals surface area contributed by atoms with E-state index in [1.807, 2.05) is 0 Å². The first-order valence-corrected chi connectivity index (χ1v) is 2.40. The van der Waals surface area contributed by atoms with E-state index in [1.165, 1.54) is 19.5 Å². The SMILES string of the molecule is CN1C[CH-]CC1.[W].[W].[W].[W].[W].[W].[W].[W].[W].[W].[W].[W].[W].[W].[W].[W].[W].[W].[W].[W].[W].[W].[W].[W].[W].[W].[W].[W].[W].[W].[W].[W].[W].[W].[W].[W].[W].[W].[W].[W].[W].[W].[W].[W].[W].[W].[W].[W].[W].[W].[W].[W].[W].[W].[W].[W].[W].[W].[W].[W].[W].[W].[W].[W].[W].[W].[W].[W].[W].[W]. The maximum Gasteiger partial charge on any atom is 0 e. The first kappa shape index (κ1) is 642. The maximum atomic E-state index is 2.31. The third-order valence-corrected chi connectivity index (χ3v) is 1.16. The van der Waals surface area contributed by atoms with E-state index in [4.69, 9.17) is 0 Å². The summed E-state index contributed by atoms with van der Waals surface area (Å²) in [5, 5.41) is 0. The van der Waals surface area contributed by atoms with Crippen molar-refractivity contribution < 1.29 is 1470 Å². The topological polar surface area (TPSA) is 3.24 Å². The smallest absolute Gasteiger partial charge is 0 e. The van der Waals surface area contributed by atoms with Gasteiger partial charge in [-0.3, -0.25) is 0 Å². The maximum absolute atomic E-state index is 2.31. The van der Waals surface area contributed by atoms with Crippen LogP contribution in [0.5, 0.6) is 0 Å². The molecule has 1 aliphatic heterocycles. The van der Waals surface area contributed by atoms with E-state index in [-0.39, 0.29) is 1470 Å². The van der Waals surface area contributed by atoms with Crippen LogP contribution in [0, 0.1) is 6.42 Å². The quantitative estimate of drug-likeness (QED) is 0.318. The molecule has 0 aliphatic carbocycles. The molecule has 1 rings (SSSR count). The molecule has 1 heterocycles. The zero-order valence-corrected chi connectivity index (χ0v) is 238. The van der Waals surface area contributed by atoms with Crippen molar-refractivity contribution in [2.45, 2.75) is 6.42 Å². The number of rotatable bonds is 0. The number of hydrogen-bond donors (Lipinski definition) is 0. The van der Waals surface area contributed by atoms with Crippen molar-refractivity contribution in [1.29, 1.82) is 0 Å². The molecule has 0 aromatic carbocycles. The van der Waals surface area contributed by atoms with Crippen molar-refractivity contribution in [2.75, 3.05) is 20.1 Å². The van der Waals surface area contributed by atoms with Crippen LogP contribution in [-0.4, -0.2) is 25.0 Å². The van der Waals surface area contributed by atoms with Crippen molar-refractivity contribution in [3.63, 3.8) is 0 Å². The van der Waals surface area contributed by atoms with Gasteiger partial charge in [-0.05, 0) is 13.6 Å². The van der Waals surface area contributed by atoms with Gasteiger partial charge in [-0.1, -0.05) is 0 Å². The fraction of sp³-hybridized carbons (Fsp3) is 0.800. The molecule has 0 spiro atoms. The molecule has 0 bridgehead atoms. The minimum Gasteiger partial charge on any atom is -0.338 e. The van der Waals surface area contributed by atoms with Crippen LogP contribution in [0.2, 0.25) is 0 Å². The molecular weight excluding hydrogens is 12900 g/mol. The van der Waals surface area contributed by atoms with Gasteiger partial charge in [-0.15, -0.1) is 6.54 Å². The van der Waals surface area contributed by atoms with E-state index >= 15 is 0 Å². The molecule has 0 amide bonds. The van der Waals surface area contributed by atoms with Crippen molar-refractivity contribution in [2.24, 2.45) is 0 Å². The summed E-state index contributed by atoms with van der Waals surface area (Å²) < 4.78 is 0. The Morgan fingerprint density at radius 3 is 0.224 bits per heavy atom. The van der Waals surface area contributed by atoms with Gasteiger partial charge < -0.3 is 11.3 Å². The Labute approximate surface area is 1470 Å². The molecule has 0 saturated carbocycles. The van der Waals surface area contributed by atoms with Gasteiger partial charge in [0.25, 0.3) is 0 Å². The fourth-order valence-corrected chi connectivity index (χ4v) is 0.715. The zero-order chi connectivity index (χ0) is 4.41. The molecule has 0 unspecified atom stereocenters. The molecule has 1 fully saturated rings. The molecule has 0 N–H and O–H groups in total. The standard InChI is InChI=1S/C5H10N.70W/c1-6-4-2-3-5-6;;;;;;;;;;;;;;;;;;;;;;;;;;;;;;;;;;;;;;;;;;;;;;;;;;;;;;;;;;;;;;;;;;;;;;/h2H,3-5H2,1H3;;;;;;;;;;;;;;;;;;;;;;;;;;;;;;;;;;;;;;;;;;;;;;;;;;;;;;;;;;;;;;;;;;;;;;/q-1;;;;;;;;;;;;;;;;;;;;;;;;;;;;;;;;;;;;;;;;;;;;;;;;;;;;;;;;;;;;;;;;;;;;;;. The molecule has 76 heavy (non-hydrogen) atoms. The zero-order valence-electron chi connectivity index (χ0n) is 32.7. The predicted molar refractivity (Wildman–Crippen MR) is 26.4 cm³/mol. The van der Waals surface area contributed by atoms with E-state index in [2.05, 4.69) is 18.4 Å². The third kappa shape index (κ3) is 590. The minimum absolute atomic E-state index is 0. The van der Waals surface area contributed by atoms with Crippen LogP contribution in [-0.2, 0) is 1470 Å². The van der Waals surface area contributed by atoms with Gasteiger partial charge in [0.2, 0.25) is 0 Å². The van der Waals surface area contributed by atoms with Gasteiger partial charge in [0.15, 0.2) is 0 Å². The van der Waals surface area contributed by atoms with Gasteiger partial charge in [-0.2, -0.15) is 6.42 Å². The normalized spacial score (nSPS) is 2.01. The van der Waals surface area contributed by atoms with Crippen molar-refractivity contribution in [3.05, 3.63) is 6.42 Å². The second kappa shape index (κ2) is 604. The molecular formula is C5H10NW70-. The van der Waals surface area contributed by atoms with E-state index in [1.54, 1.807) is 0 Å².